The van der Waals surface area contributed by atoms with E-state index in [-0.39, 0.29) is 0 Å². The molecule has 52 valence electrons. The number of rotatable bonds is 1. The summed E-state index contributed by atoms with van der Waals surface area (Å²) >= 11 is 0. The first-order valence-electron chi connectivity index (χ1n) is 2.82. The highest BCUT2D eigenvalue weighted by atomic mass is 16.1. The van der Waals surface area contributed by atoms with Gasteiger partial charge in [-0.05, 0) is 6.92 Å². The standard InChI is InChI=1S/C6H7N3O/c1-5-3-9(2)8-6(5)7-4-10/h3H,1-2H3. The third kappa shape index (κ3) is 1.11. The van der Waals surface area contributed by atoms with Crippen LogP contribution in [0.1, 0.15) is 5.56 Å². The van der Waals surface area contributed by atoms with Crippen molar-refractivity contribution in [1.82, 2.24) is 9.78 Å². The molecule has 4 nitrogen and oxygen atoms in total. The molecule has 0 unspecified atom stereocenters. The molecular formula is C6H7N3O. The molecule has 0 bridgehead atoms. The highest BCUT2D eigenvalue weighted by molar-refractivity contribution is 5.47. The van der Waals surface area contributed by atoms with Gasteiger partial charge in [-0.15, -0.1) is 4.99 Å². The fraction of sp³-hybridized carbons (Fsp3) is 0.333. The van der Waals surface area contributed by atoms with Crippen molar-refractivity contribution >= 4 is 11.9 Å². The van der Waals surface area contributed by atoms with Gasteiger partial charge in [-0.25, -0.2) is 4.79 Å². The number of isocyanates is 1. The van der Waals surface area contributed by atoms with Crippen LogP contribution in [0, 0.1) is 6.92 Å². The van der Waals surface area contributed by atoms with E-state index < -0.39 is 0 Å². The van der Waals surface area contributed by atoms with Gasteiger partial charge in [0, 0.05) is 18.8 Å². The molecule has 0 atom stereocenters. The van der Waals surface area contributed by atoms with E-state index in [4.69, 9.17) is 0 Å². The molecule has 1 aromatic rings. The second-order valence-electron chi connectivity index (χ2n) is 2.01. The van der Waals surface area contributed by atoms with Gasteiger partial charge in [-0.2, -0.15) is 5.10 Å². The minimum atomic E-state index is 0.442. The number of carbonyl (C=O) groups excluding carboxylic acids is 1. The van der Waals surface area contributed by atoms with Gasteiger partial charge in [0.1, 0.15) is 0 Å². The van der Waals surface area contributed by atoms with Crippen molar-refractivity contribution in [2.75, 3.05) is 0 Å². The van der Waals surface area contributed by atoms with Crippen LogP contribution in [0.25, 0.3) is 0 Å². The molecule has 1 heterocycles. The number of hydrogen-bond acceptors (Lipinski definition) is 3. The van der Waals surface area contributed by atoms with E-state index in [9.17, 15) is 4.79 Å². The van der Waals surface area contributed by atoms with Crippen molar-refractivity contribution in [3.05, 3.63) is 11.8 Å². The van der Waals surface area contributed by atoms with E-state index in [0.29, 0.717) is 5.82 Å². The second-order valence-corrected chi connectivity index (χ2v) is 2.01. The first-order valence-corrected chi connectivity index (χ1v) is 2.82. The van der Waals surface area contributed by atoms with Crippen molar-refractivity contribution in [3.8, 4) is 0 Å². The van der Waals surface area contributed by atoms with E-state index >= 15 is 0 Å². The fourth-order valence-electron chi connectivity index (χ4n) is 0.749. The number of aliphatic imine (C=N–C) groups is 1. The summed E-state index contributed by atoms with van der Waals surface area (Å²) in [6, 6.07) is 0. The molecule has 10 heavy (non-hydrogen) atoms. The van der Waals surface area contributed by atoms with Crippen LogP contribution in [0.2, 0.25) is 0 Å². The molecule has 0 saturated carbocycles. The summed E-state index contributed by atoms with van der Waals surface area (Å²) in [5.41, 5.74) is 0.880. The van der Waals surface area contributed by atoms with E-state index in [1.165, 1.54) is 6.08 Å². The van der Waals surface area contributed by atoms with Gasteiger partial charge in [-0.1, -0.05) is 0 Å². The molecule has 0 N–H and O–H groups in total. The molecule has 0 amide bonds. The predicted octanol–water partition coefficient (Wildman–Crippen LogP) is 0.696. The Morgan fingerprint density at radius 2 is 2.50 bits per heavy atom. The lowest BCUT2D eigenvalue weighted by atomic mass is 10.4. The Bertz CT molecular complexity index is 283. The Morgan fingerprint density at radius 1 is 1.80 bits per heavy atom. The van der Waals surface area contributed by atoms with Crippen LogP contribution in [0.4, 0.5) is 5.82 Å². The van der Waals surface area contributed by atoms with Crippen LogP contribution >= 0.6 is 0 Å². The molecule has 0 radical (unpaired) electrons. The molecular weight excluding hydrogens is 130 g/mol. The summed E-state index contributed by atoms with van der Waals surface area (Å²) in [6.45, 7) is 1.84. The zero-order valence-corrected chi connectivity index (χ0v) is 5.83. The van der Waals surface area contributed by atoms with E-state index in [1.807, 2.05) is 6.92 Å². The Kier molecular flexibility index (Phi) is 1.65. The lowest BCUT2D eigenvalue weighted by Crippen LogP contribution is -1.84. The topological polar surface area (TPSA) is 47.2 Å². The van der Waals surface area contributed by atoms with Crippen molar-refractivity contribution < 1.29 is 4.79 Å². The van der Waals surface area contributed by atoms with Crippen LogP contribution in [0.3, 0.4) is 0 Å². The molecule has 0 aliphatic heterocycles. The van der Waals surface area contributed by atoms with Gasteiger partial charge >= 0.3 is 0 Å². The van der Waals surface area contributed by atoms with Gasteiger partial charge in [0.05, 0.1) is 0 Å². The molecule has 0 saturated heterocycles. The smallest absolute Gasteiger partial charge is 0.242 e. The van der Waals surface area contributed by atoms with Crippen molar-refractivity contribution in [1.29, 1.82) is 0 Å². The van der Waals surface area contributed by atoms with Crippen LogP contribution in [0.15, 0.2) is 11.2 Å². The summed E-state index contributed by atoms with van der Waals surface area (Å²) < 4.78 is 1.60. The zero-order valence-electron chi connectivity index (χ0n) is 5.83. The van der Waals surface area contributed by atoms with Crippen LogP contribution in [0.5, 0.6) is 0 Å². The Labute approximate surface area is 58.2 Å². The Morgan fingerprint density at radius 3 is 2.90 bits per heavy atom. The fourth-order valence-corrected chi connectivity index (χ4v) is 0.749. The third-order valence-corrected chi connectivity index (χ3v) is 1.14. The third-order valence-electron chi connectivity index (χ3n) is 1.14. The second kappa shape index (κ2) is 2.45. The molecule has 0 spiro atoms. The van der Waals surface area contributed by atoms with Crippen molar-refractivity contribution in [2.45, 2.75) is 6.92 Å². The number of aromatic nitrogens is 2. The summed E-state index contributed by atoms with van der Waals surface area (Å²) in [5, 5.41) is 3.89. The minimum Gasteiger partial charge on any atom is -0.273 e. The first-order chi connectivity index (χ1) is 4.74. The highest BCUT2D eigenvalue weighted by Gasteiger charge is 1.98. The largest absolute Gasteiger partial charge is 0.273 e. The monoisotopic (exact) mass is 137 g/mol. The maximum atomic E-state index is 9.79. The molecule has 0 fully saturated rings. The molecule has 0 aliphatic carbocycles. The average molecular weight is 137 g/mol. The predicted molar refractivity (Wildman–Crippen MR) is 35.7 cm³/mol. The lowest BCUT2D eigenvalue weighted by Gasteiger charge is -1.79. The van der Waals surface area contributed by atoms with Crippen LogP contribution in [-0.4, -0.2) is 15.9 Å². The van der Waals surface area contributed by atoms with Crippen molar-refractivity contribution in [3.63, 3.8) is 0 Å². The lowest BCUT2D eigenvalue weighted by molar-refractivity contribution is 0.565. The summed E-state index contributed by atoms with van der Waals surface area (Å²) in [7, 11) is 1.77. The Hall–Kier alpha value is -1.41. The maximum Gasteiger partial charge on any atom is 0.242 e. The van der Waals surface area contributed by atoms with Crippen molar-refractivity contribution in [2.24, 2.45) is 12.0 Å². The summed E-state index contributed by atoms with van der Waals surface area (Å²) in [4.78, 5) is 13.2. The van der Waals surface area contributed by atoms with Gasteiger partial charge in [0.15, 0.2) is 5.82 Å². The minimum absolute atomic E-state index is 0.442. The SMILES string of the molecule is Cc1cn(C)nc1N=C=O. The van der Waals surface area contributed by atoms with E-state index in [2.05, 4.69) is 10.1 Å². The molecule has 1 aromatic heterocycles. The van der Waals surface area contributed by atoms with Gasteiger partial charge in [-0.3, -0.25) is 4.68 Å². The molecule has 0 aliphatic rings. The maximum absolute atomic E-state index is 9.79. The number of hydrogen-bond donors (Lipinski definition) is 0. The zero-order chi connectivity index (χ0) is 7.56. The summed E-state index contributed by atoms with van der Waals surface area (Å²) in [5.74, 6) is 0.442. The van der Waals surface area contributed by atoms with Gasteiger partial charge < -0.3 is 0 Å². The normalized spacial score (nSPS) is 9.00. The summed E-state index contributed by atoms with van der Waals surface area (Å²) in [6.07, 6.45) is 3.23. The number of nitrogens with zero attached hydrogens (tertiary/aromatic N) is 3. The van der Waals surface area contributed by atoms with E-state index in [1.54, 1.807) is 17.9 Å². The first kappa shape index (κ1) is 6.71. The quantitative estimate of drug-likeness (QED) is 0.422. The molecule has 4 heteroatoms. The molecule has 0 aromatic carbocycles. The number of aryl methyl sites for hydroxylation is 2. The van der Waals surface area contributed by atoms with Gasteiger partial charge in [0.25, 0.3) is 0 Å². The van der Waals surface area contributed by atoms with Crippen LogP contribution < -0.4 is 0 Å². The van der Waals surface area contributed by atoms with Gasteiger partial charge in [0.2, 0.25) is 6.08 Å². The Balaban J connectivity index is 3.14. The molecule has 1 rings (SSSR count). The highest BCUT2D eigenvalue weighted by Crippen LogP contribution is 2.12. The van der Waals surface area contributed by atoms with Crippen LogP contribution in [-0.2, 0) is 11.8 Å². The van der Waals surface area contributed by atoms with E-state index in [0.717, 1.165) is 5.56 Å². The average Bonchev–Trinajstić information content (AvgIpc) is 2.13.